The SMILES string of the molecule is C=CC(=O)C[C@H]1COC[C@H]1Nc1ncc2cc(-c3c(Cl)c(OC)cc(OC)c3Cl)nc(N3CCOCC3)c2n1. The molecule has 39 heavy (non-hydrogen) atoms. The van der Waals surface area contributed by atoms with Crippen LogP contribution in [0.15, 0.2) is 31.0 Å². The number of pyridine rings is 1. The molecule has 2 fully saturated rings. The largest absolute Gasteiger partial charge is 0.495 e. The minimum absolute atomic E-state index is 0.00124. The lowest BCUT2D eigenvalue weighted by Crippen LogP contribution is -2.37. The fraction of sp³-hybridized carbons (Fsp3) is 0.407. The van der Waals surface area contributed by atoms with Crippen molar-refractivity contribution in [2.75, 3.05) is 64.0 Å². The Hall–Kier alpha value is -3.18. The van der Waals surface area contributed by atoms with Crippen LogP contribution in [0.5, 0.6) is 11.5 Å². The summed E-state index contributed by atoms with van der Waals surface area (Å²) >= 11 is 13.5. The Bertz CT molecular complexity index is 1370. The number of nitrogens with one attached hydrogen (secondary N) is 1. The van der Waals surface area contributed by atoms with E-state index in [1.807, 2.05) is 6.07 Å². The van der Waals surface area contributed by atoms with Crippen molar-refractivity contribution in [2.24, 2.45) is 5.92 Å². The molecule has 0 bridgehead atoms. The Labute approximate surface area is 236 Å². The van der Waals surface area contributed by atoms with Crippen LogP contribution in [-0.4, -0.2) is 80.5 Å². The summed E-state index contributed by atoms with van der Waals surface area (Å²) in [6, 6.07) is 3.38. The zero-order chi connectivity index (χ0) is 27.5. The number of morpholine rings is 1. The Kier molecular flexibility index (Phi) is 8.37. The molecule has 0 saturated carbocycles. The number of anilines is 2. The van der Waals surface area contributed by atoms with Gasteiger partial charge in [0, 0.05) is 48.6 Å². The van der Waals surface area contributed by atoms with Crippen molar-refractivity contribution in [1.82, 2.24) is 15.0 Å². The molecule has 4 heterocycles. The fourth-order valence-corrected chi connectivity index (χ4v) is 5.49. The molecule has 10 nitrogen and oxygen atoms in total. The van der Waals surface area contributed by atoms with Gasteiger partial charge in [0.15, 0.2) is 11.6 Å². The first-order chi connectivity index (χ1) is 18.9. The number of ether oxygens (including phenoxy) is 4. The van der Waals surface area contributed by atoms with Gasteiger partial charge in [-0.1, -0.05) is 29.8 Å². The predicted molar refractivity (Wildman–Crippen MR) is 150 cm³/mol. The number of hydrogen-bond donors (Lipinski definition) is 1. The van der Waals surface area contributed by atoms with Crippen molar-refractivity contribution in [1.29, 1.82) is 0 Å². The van der Waals surface area contributed by atoms with E-state index in [1.165, 1.54) is 20.3 Å². The van der Waals surface area contributed by atoms with Crippen molar-refractivity contribution in [2.45, 2.75) is 12.5 Å². The second-order valence-electron chi connectivity index (χ2n) is 9.27. The van der Waals surface area contributed by atoms with Gasteiger partial charge in [-0.2, -0.15) is 0 Å². The zero-order valence-electron chi connectivity index (χ0n) is 21.7. The van der Waals surface area contributed by atoms with Gasteiger partial charge in [-0.3, -0.25) is 4.79 Å². The first kappa shape index (κ1) is 27.4. The number of hydrogen-bond acceptors (Lipinski definition) is 10. The molecule has 3 aromatic rings. The van der Waals surface area contributed by atoms with E-state index in [0.29, 0.717) is 96.0 Å². The van der Waals surface area contributed by atoms with E-state index in [4.69, 9.17) is 52.1 Å². The molecule has 0 unspecified atom stereocenters. The third-order valence-electron chi connectivity index (χ3n) is 6.89. The van der Waals surface area contributed by atoms with Crippen molar-refractivity contribution in [3.63, 3.8) is 0 Å². The van der Waals surface area contributed by atoms with Gasteiger partial charge >= 0.3 is 0 Å². The maximum absolute atomic E-state index is 11.9. The summed E-state index contributed by atoms with van der Waals surface area (Å²) in [6.45, 7) is 6.93. The quantitative estimate of drug-likeness (QED) is 0.369. The average Bonchev–Trinajstić information content (AvgIpc) is 3.39. The third kappa shape index (κ3) is 5.60. The number of halogens is 2. The molecule has 1 aromatic carbocycles. The van der Waals surface area contributed by atoms with Gasteiger partial charge in [-0.25, -0.2) is 15.0 Å². The number of fused-ring (bicyclic) bond motifs is 1. The van der Waals surface area contributed by atoms with Crippen LogP contribution in [0.3, 0.4) is 0 Å². The Morgan fingerprint density at radius 2 is 1.85 bits per heavy atom. The van der Waals surface area contributed by atoms with Crippen molar-refractivity contribution in [3.05, 3.63) is 41.0 Å². The van der Waals surface area contributed by atoms with Crippen LogP contribution in [0.1, 0.15) is 6.42 Å². The first-order valence-corrected chi connectivity index (χ1v) is 13.3. The van der Waals surface area contributed by atoms with Crippen molar-refractivity contribution >= 4 is 51.7 Å². The van der Waals surface area contributed by atoms with Crippen LogP contribution >= 0.6 is 23.2 Å². The van der Waals surface area contributed by atoms with Gasteiger partial charge in [0.2, 0.25) is 5.95 Å². The Balaban J connectivity index is 1.59. The molecule has 2 atom stereocenters. The minimum atomic E-state index is -0.104. The molecule has 0 amide bonds. The maximum Gasteiger partial charge on any atom is 0.223 e. The molecule has 1 N–H and O–H groups in total. The highest BCUT2D eigenvalue weighted by Gasteiger charge is 2.30. The van der Waals surface area contributed by atoms with E-state index >= 15 is 0 Å². The average molecular weight is 574 g/mol. The normalized spacial score (nSPS) is 19.2. The third-order valence-corrected chi connectivity index (χ3v) is 7.64. The van der Waals surface area contributed by atoms with Crippen LogP contribution in [0.4, 0.5) is 11.8 Å². The number of nitrogens with zero attached hydrogens (tertiary/aromatic N) is 4. The van der Waals surface area contributed by atoms with Crippen molar-refractivity contribution in [3.8, 4) is 22.8 Å². The molecule has 0 aliphatic carbocycles. The molecule has 5 rings (SSSR count). The summed E-state index contributed by atoms with van der Waals surface area (Å²) in [7, 11) is 3.06. The van der Waals surface area contributed by atoms with Crippen molar-refractivity contribution < 1.29 is 23.7 Å². The van der Waals surface area contributed by atoms with E-state index < -0.39 is 0 Å². The number of ketones is 1. The van der Waals surface area contributed by atoms with Crippen LogP contribution in [0.25, 0.3) is 22.2 Å². The molecular formula is C27H29Cl2N5O5. The Morgan fingerprint density at radius 3 is 2.51 bits per heavy atom. The summed E-state index contributed by atoms with van der Waals surface area (Å²) < 4.78 is 22.1. The molecule has 12 heteroatoms. The number of rotatable bonds is 9. The topological polar surface area (TPSA) is 108 Å². The molecule has 2 aliphatic heterocycles. The molecule has 2 aliphatic rings. The van der Waals surface area contributed by atoms with E-state index in [0.717, 1.165) is 5.39 Å². The van der Waals surface area contributed by atoms with Crippen LogP contribution in [0.2, 0.25) is 10.0 Å². The zero-order valence-corrected chi connectivity index (χ0v) is 23.2. The predicted octanol–water partition coefficient (Wildman–Crippen LogP) is 4.42. The number of carbonyl (C=O) groups excluding carboxylic acids is 1. The van der Waals surface area contributed by atoms with Crippen LogP contribution < -0.4 is 19.7 Å². The highest BCUT2D eigenvalue weighted by atomic mass is 35.5. The molecule has 0 spiro atoms. The lowest BCUT2D eigenvalue weighted by Gasteiger charge is -2.29. The first-order valence-electron chi connectivity index (χ1n) is 12.5. The molecule has 206 valence electrons. The van der Waals surface area contributed by atoms with Crippen LogP contribution in [-0.2, 0) is 14.3 Å². The second kappa shape index (κ2) is 11.9. The lowest BCUT2D eigenvalue weighted by atomic mass is 9.97. The summed E-state index contributed by atoms with van der Waals surface area (Å²) in [4.78, 5) is 28.5. The Morgan fingerprint density at radius 1 is 1.13 bits per heavy atom. The number of allylic oxidation sites excluding steroid dienone is 1. The van der Waals surface area contributed by atoms with E-state index in [2.05, 4.69) is 21.8 Å². The monoisotopic (exact) mass is 573 g/mol. The maximum atomic E-state index is 11.9. The van der Waals surface area contributed by atoms with Gasteiger partial charge in [0.05, 0.1) is 62.4 Å². The smallest absolute Gasteiger partial charge is 0.223 e. The highest BCUT2D eigenvalue weighted by molar-refractivity contribution is 6.41. The lowest BCUT2D eigenvalue weighted by molar-refractivity contribution is -0.115. The van der Waals surface area contributed by atoms with Gasteiger partial charge < -0.3 is 29.2 Å². The van der Waals surface area contributed by atoms with Crippen LogP contribution in [0, 0.1) is 5.92 Å². The molecule has 0 radical (unpaired) electrons. The minimum Gasteiger partial charge on any atom is -0.495 e. The van der Waals surface area contributed by atoms with Gasteiger partial charge in [0.25, 0.3) is 0 Å². The second-order valence-corrected chi connectivity index (χ2v) is 10.0. The molecular weight excluding hydrogens is 545 g/mol. The van der Waals surface area contributed by atoms with Gasteiger partial charge in [-0.05, 0) is 12.1 Å². The highest BCUT2D eigenvalue weighted by Crippen LogP contribution is 2.46. The number of carbonyl (C=O) groups is 1. The van der Waals surface area contributed by atoms with Gasteiger partial charge in [0.1, 0.15) is 17.0 Å². The van der Waals surface area contributed by atoms with E-state index in [-0.39, 0.29) is 17.7 Å². The number of methoxy groups -OCH3 is 2. The fourth-order valence-electron chi connectivity index (χ4n) is 4.79. The van der Waals surface area contributed by atoms with E-state index in [9.17, 15) is 4.79 Å². The summed E-state index contributed by atoms with van der Waals surface area (Å²) in [5.74, 6) is 1.91. The number of benzene rings is 1. The molecule has 2 saturated heterocycles. The standard InChI is InChI=1S/C27H29Cl2N5O5/c1-4-17(35)9-16-13-39-14-19(16)32-27-30-12-15-10-18(22-23(28)20(36-2)11-21(37-3)24(22)29)31-26(25(15)33-27)34-5-7-38-8-6-34/h4,10-12,16,19H,1,5-9,13-14H2,2-3H3,(H,30,32,33)/t16-,19+/m0/s1. The number of aromatic nitrogens is 3. The summed E-state index contributed by atoms with van der Waals surface area (Å²) in [5.41, 5.74) is 1.69. The summed E-state index contributed by atoms with van der Waals surface area (Å²) in [5, 5.41) is 4.75. The van der Waals surface area contributed by atoms with Gasteiger partial charge in [-0.15, -0.1) is 0 Å². The summed E-state index contributed by atoms with van der Waals surface area (Å²) in [6.07, 6.45) is 3.43. The van der Waals surface area contributed by atoms with E-state index in [1.54, 1.807) is 12.3 Å². The molecule has 2 aromatic heterocycles.